The molecule has 0 bridgehead atoms. The second-order valence-corrected chi connectivity index (χ2v) is 9.08. The van der Waals surface area contributed by atoms with Gasteiger partial charge in [-0.05, 0) is 32.8 Å². The van der Waals surface area contributed by atoms with Gasteiger partial charge in [-0.3, -0.25) is 4.68 Å². The van der Waals surface area contributed by atoms with Crippen LogP contribution in [0.15, 0.2) is 24.5 Å². The highest BCUT2D eigenvalue weighted by Gasteiger charge is 2.28. The molecular formula is C22H27FN8O2. The van der Waals surface area contributed by atoms with Gasteiger partial charge in [-0.1, -0.05) is 0 Å². The number of hydrogen-bond acceptors (Lipinski definition) is 8. The van der Waals surface area contributed by atoms with Gasteiger partial charge in [0.2, 0.25) is 5.95 Å². The predicted molar refractivity (Wildman–Crippen MR) is 122 cm³/mol. The lowest BCUT2D eigenvalue weighted by Gasteiger charge is -2.32. The summed E-state index contributed by atoms with van der Waals surface area (Å²) in [6, 6.07) is 2.66. The highest BCUT2D eigenvalue weighted by Crippen LogP contribution is 2.32. The minimum Gasteiger partial charge on any atom is -0.494 e. The summed E-state index contributed by atoms with van der Waals surface area (Å²) in [4.78, 5) is 11.4. The molecule has 0 saturated carbocycles. The Morgan fingerprint density at radius 2 is 2.12 bits per heavy atom. The van der Waals surface area contributed by atoms with Crippen LogP contribution in [0, 0.1) is 5.82 Å². The molecule has 5 rings (SSSR count). The van der Waals surface area contributed by atoms with E-state index < -0.39 is 11.4 Å². The zero-order chi connectivity index (χ0) is 23.3. The Labute approximate surface area is 189 Å². The molecule has 1 fully saturated rings. The average molecular weight is 455 g/mol. The molecule has 33 heavy (non-hydrogen) atoms. The molecule has 11 heteroatoms. The van der Waals surface area contributed by atoms with Crippen molar-refractivity contribution in [3.63, 3.8) is 0 Å². The summed E-state index contributed by atoms with van der Waals surface area (Å²) < 4.78 is 22.7. The lowest BCUT2D eigenvalue weighted by Crippen LogP contribution is -2.35. The van der Waals surface area contributed by atoms with E-state index >= 15 is 0 Å². The molecule has 3 aromatic heterocycles. The number of aliphatic hydroxyl groups is 1. The van der Waals surface area contributed by atoms with Gasteiger partial charge in [-0.15, -0.1) is 5.10 Å². The van der Waals surface area contributed by atoms with Crippen molar-refractivity contribution in [1.29, 1.82) is 0 Å². The minimum atomic E-state index is -0.474. The Kier molecular flexibility index (Phi) is 5.08. The minimum absolute atomic E-state index is 0.00327. The van der Waals surface area contributed by atoms with Crippen LogP contribution >= 0.6 is 0 Å². The number of rotatable bonds is 5. The SMILES string of the molecule is COc1cc(F)cc2c1nc(N)n1nc([C@@H]3CCCN(c4cnn(C(C)(C)CO)c4)C3)nc21. The second-order valence-electron chi connectivity index (χ2n) is 9.08. The van der Waals surface area contributed by atoms with E-state index in [-0.39, 0.29) is 18.5 Å². The van der Waals surface area contributed by atoms with Crippen LogP contribution in [0.4, 0.5) is 16.0 Å². The van der Waals surface area contributed by atoms with E-state index in [1.54, 1.807) is 4.68 Å². The van der Waals surface area contributed by atoms with Gasteiger partial charge in [0.05, 0.1) is 36.5 Å². The van der Waals surface area contributed by atoms with E-state index in [9.17, 15) is 9.50 Å². The smallest absolute Gasteiger partial charge is 0.223 e. The van der Waals surface area contributed by atoms with E-state index in [1.165, 1.54) is 23.8 Å². The third-order valence-electron chi connectivity index (χ3n) is 6.30. The van der Waals surface area contributed by atoms with Crippen molar-refractivity contribution in [2.24, 2.45) is 0 Å². The van der Waals surface area contributed by atoms with Crippen LogP contribution in [-0.4, -0.2) is 61.3 Å². The molecule has 3 N–H and O–H groups in total. The Morgan fingerprint density at radius 1 is 1.30 bits per heavy atom. The molecule has 1 aliphatic heterocycles. The van der Waals surface area contributed by atoms with Crippen LogP contribution < -0.4 is 15.4 Å². The molecule has 1 atom stereocenters. The number of aromatic nitrogens is 6. The van der Waals surface area contributed by atoms with Gasteiger partial charge in [0, 0.05) is 31.3 Å². The molecule has 174 valence electrons. The maximum absolute atomic E-state index is 14.2. The van der Waals surface area contributed by atoms with Crippen LogP contribution in [0.3, 0.4) is 0 Å². The largest absolute Gasteiger partial charge is 0.494 e. The van der Waals surface area contributed by atoms with E-state index in [0.29, 0.717) is 34.7 Å². The van der Waals surface area contributed by atoms with E-state index in [4.69, 9.17) is 15.5 Å². The highest BCUT2D eigenvalue weighted by atomic mass is 19.1. The van der Waals surface area contributed by atoms with Crippen LogP contribution in [0.25, 0.3) is 16.6 Å². The monoisotopic (exact) mass is 454 g/mol. The van der Waals surface area contributed by atoms with Crippen LogP contribution in [0.1, 0.15) is 38.4 Å². The number of hydrogen-bond donors (Lipinski definition) is 2. The average Bonchev–Trinajstić information content (AvgIpc) is 3.48. The van der Waals surface area contributed by atoms with Crippen molar-refractivity contribution in [3.05, 3.63) is 36.2 Å². The van der Waals surface area contributed by atoms with Gasteiger partial charge in [0.15, 0.2) is 11.5 Å². The topological polar surface area (TPSA) is 120 Å². The molecule has 1 aliphatic rings. The number of methoxy groups -OCH3 is 1. The molecule has 10 nitrogen and oxygen atoms in total. The van der Waals surface area contributed by atoms with Crippen molar-refractivity contribution < 1.29 is 14.2 Å². The van der Waals surface area contributed by atoms with Gasteiger partial charge < -0.3 is 20.5 Å². The Balaban J connectivity index is 1.50. The molecule has 0 unspecified atom stereocenters. The first-order valence-corrected chi connectivity index (χ1v) is 10.9. The molecule has 4 heterocycles. The van der Waals surface area contributed by atoms with Gasteiger partial charge in [-0.2, -0.15) is 9.61 Å². The molecule has 0 amide bonds. The summed E-state index contributed by atoms with van der Waals surface area (Å²) in [5, 5.41) is 19.2. The van der Waals surface area contributed by atoms with Gasteiger partial charge in [0.25, 0.3) is 0 Å². The van der Waals surface area contributed by atoms with Crippen molar-refractivity contribution in [3.8, 4) is 5.75 Å². The highest BCUT2D eigenvalue weighted by molar-refractivity contribution is 5.95. The summed E-state index contributed by atoms with van der Waals surface area (Å²) in [6.07, 6.45) is 5.67. The number of benzene rings is 1. The zero-order valence-electron chi connectivity index (χ0n) is 18.9. The Bertz CT molecular complexity index is 1330. The second kappa shape index (κ2) is 7.84. The van der Waals surface area contributed by atoms with Crippen LogP contribution in [0.5, 0.6) is 5.75 Å². The summed E-state index contributed by atoms with van der Waals surface area (Å²) in [7, 11) is 1.46. The number of aliphatic hydroxyl groups excluding tert-OH is 1. The van der Waals surface area contributed by atoms with E-state index in [2.05, 4.69) is 20.1 Å². The number of piperidine rings is 1. The normalized spacial score (nSPS) is 17.2. The molecule has 0 aliphatic carbocycles. The lowest BCUT2D eigenvalue weighted by atomic mass is 9.97. The Morgan fingerprint density at radius 3 is 2.88 bits per heavy atom. The van der Waals surface area contributed by atoms with Crippen molar-refractivity contribution in [2.75, 3.05) is 37.4 Å². The van der Waals surface area contributed by atoms with Crippen molar-refractivity contribution >= 4 is 28.2 Å². The predicted octanol–water partition coefficient (Wildman–Crippen LogP) is 2.32. The van der Waals surface area contributed by atoms with Gasteiger partial charge in [0.1, 0.15) is 17.1 Å². The quantitative estimate of drug-likeness (QED) is 0.472. The fourth-order valence-electron chi connectivity index (χ4n) is 4.32. The Hall–Kier alpha value is -3.47. The number of nitrogens with two attached hydrogens (primary N) is 1. The molecule has 0 spiro atoms. The van der Waals surface area contributed by atoms with E-state index in [1.807, 2.05) is 26.2 Å². The number of fused-ring (bicyclic) bond motifs is 3. The number of anilines is 2. The fraction of sp³-hybridized carbons (Fsp3) is 0.455. The summed E-state index contributed by atoms with van der Waals surface area (Å²) >= 11 is 0. The molecule has 1 saturated heterocycles. The fourth-order valence-corrected chi connectivity index (χ4v) is 4.32. The first kappa shape index (κ1) is 21.4. The lowest BCUT2D eigenvalue weighted by molar-refractivity contribution is 0.152. The standard InChI is InChI=1S/C22H27FN8O2/c1-22(2,12-32)30-11-15(9-25-30)29-6-4-5-13(10-29)19-27-20-16-7-14(23)8-17(33-3)18(16)26-21(24)31(20)28-19/h7-9,11,13,32H,4-6,10,12H2,1-3H3,(H2,24,26)/t13-/m1/s1. The maximum Gasteiger partial charge on any atom is 0.223 e. The maximum atomic E-state index is 14.2. The number of nitrogen functional groups attached to an aromatic ring is 1. The summed E-state index contributed by atoms with van der Waals surface area (Å²) in [5.74, 6) is 0.741. The van der Waals surface area contributed by atoms with Gasteiger partial charge >= 0.3 is 0 Å². The molecule has 0 radical (unpaired) electrons. The summed E-state index contributed by atoms with van der Waals surface area (Å²) in [5.41, 5.74) is 7.58. The number of nitrogens with zero attached hydrogens (tertiary/aromatic N) is 7. The third kappa shape index (κ3) is 3.62. The van der Waals surface area contributed by atoms with Crippen LogP contribution in [-0.2, 0) is 5.54 Å². The molecule has 1 aromatic carbocycles. The van der Waals surface area contributed by atoms with Crippen molar-refractivity contribution in [2.45, 2.75) is 38.1 Å². The van der Waals surface area contributed by atoms with Crippen LogP contribution in [0.2, 0.25) is 0 Å². The number of halogens is 1. The van der Waals surface area contributed by atoms with E-state index in [0.717, 1.165) is 25.1 Å². The molecular weight excluding hydrogens is 427 g/mol. The first-order valence-electron chi connectivity index (χ1n) is 10.9. The zero-order valence-corrected chi connectivity index (χ0v) is 18.9. The number of ether oxygens (including phenoxy) is 1. The molecule has 4 aromatic rings. The first-order chi connectivity index (χ1) is 15.8. The van der Waals surface area contributed by atoms with Gasteiger partial charge in [-0.25, -0.2) is 14.4 Å². The third-order valence-corrected chi connectivity index (χ3v) is 6.30. The van der Waals surface area contributed by atoms with Crippen molar-refractivity contribution in [1.82, 2.24) is 29.4 Å². The summed E-state index contributed by atoms with van der Waals surface area (Å²) in [6.45, 7) is 5.47.